The molecule has 1 aliphatic heterocycles. The van der Waals surface area contributed by atoms with Gasteiger partial charge >= 0.3 is 0 Å². The zero-order valence-electron chi connectivity index (χ0n) is 15.7. The number of piperidine rings is 1. The smallest absolute Gasteiger partial charge is 0.248 e. The lowest BCUT2D eigenvalue weighted by Gasteiger charge is -2.31. The van der Waals surface area contributed by atoms with E-state index in [1.54, 1.807) is 35.6 Å². The third-order valence-corrected chi connectivity index (χ3v) is 5.94. The third kappa shape index (κ3) is 4.43. The molecule has 4 rings (SSSR count). The zero-order chi connectivity index (χ0) is 20.2. The molecule has 3 heterocycles. The van der Waals surface area contributed by atoms with Crippen LogP contribution in [0.5, 0.6) is 0 Å². The van der Waals surface area contributed by atoms with Crippen LogP contribution in [0, 0.1) is 5.92 Å². The van der Waals surface area contributed by atoms with Gasteiger partial charge in [-0.25, -0.2) is 0 Å². The Morgan fingerprint density at radius 2 is 1.79 bits per heavy atom. The molecule has 2 aromatic heterocycles. The normalized spacial score (nSPS) is 14.6. The van der Waals surface area contributed by atoms with E-state index < -0.39 is 5.91 Å². The highest BCUT2D eigenvalue weighted by atomic mass is 32.1. The molecule has 0 saturated carbocycles. The highest BCUT2D eigenvalue weighted by Crippen LogP contribution is 2.26. The number of aromatic nitrogens is 2. The summed E-state index contributed by atoms with van der Waals surface area (Å²) in [5.74, 6) is 0.295. The number of hydrogen-bond acceptors (Lipinski definition) is 6. The Balaban J connectivity index is 1.31. The Morgan fingerprint density at radius 3 is 2.38 bits per heavy atom. The van der Waals surface area contributed by atoms with Gasteiger partial charge in [-0.3, -0.25) is 9.59 Å². The average Bonchev–Trinajstić information content (AvgIpc) is 3.29. The van der Waals surface area contributed by atoms with Gasteiger partial charge in [0, 0.05) is 30.3 Å². The number of thiophene rings is 1. The monoisotopic (exact) mass is 407 g/mol. The van der Waals surface area contributed by atoms with E-state index in [9.17, 15) is 9.59 Å². The van der Waals surface area contributed by atoms with Crippen LogP contribution < -0.4 is 16.0 Å². The highest BCUT2D eigenvalue weighted by molar-refractivity contribution is 7.13. The van der Waals surface area contributed by atoms with Crippen molar-refractivity contribution in [3.63, 3.8) is 0 Å². The van der Waals surface area contributed by atoms with Crippen molar-refractivity contribution in [1.82, 2.24) is 10.2 Å². The number of amides is 2. The number of primary amides is 1. The van der Waals surface area contributed by atoms with Gasteiger partial charge < -0.3 is 16.0 Å². The lowest BCUT2D eigenvalue weighted by molar-refractivity contribution is -0.120. The summed E-state index contributed by atoms with van der Waals surface area (Å²) in [4.78, 5) is 27.0. The summed E-state index contributed by atoms with van der Waals surface area (Å²) in [5, 5.41) is 13.6. The predicted octanol–water partition coefficient (Wildman–Crippen LogP) is 3.16. The van der Waals surface area contributed by atoms with Gasteiger partial charge in [0.15, 0.2) is 5.82 Å². The molecule has 0 atom stereocenters. The molecule has 0 unspecified atom stereocenters. The molecule has 1 aromatic carbocycles. The van der Waals surface area contributed by atoms with Crippen LogP contribution in [-0.4, -0.2) is 35.1 Å². The Hall–Kier alpha value is -3.26. The molecule has 7 nitrogen and oxygen atoms in total. The van der Waals surface area contributed by atoms with Gasteiger partial charge in [0.2, 0.25) is 11.8 Å². The first-order chi connectivity index (χ1) is 14.1. The van der Waals surface area contributed by atoms with Crippen molar-refractivity contribution in [2.24, 2.45) is 11.7 Å². The second-order valence-corrected chi connectivity index (χ2v) is 7.89. The number of anilines is 2. The topological polar surface area (TPSA) is 101 Å². The van der Waals surface area contributed by atoms with E-state index in [0.29, 0.717) is 11.3 Å². The largest absolute Gasteiger partial charge is 0.366 e. The van der Waals surface area contributed by atoms with Crippen LogP contribution in [0.15, 0.2) is 53.9 Å². The van der Waals surface area contributed by atoms with Crippen molar-refractivity contribution in [3.8, 4) is 10.6 Å². The van der Waals surface area contributed by atoms with Gasteiger partial charge in [-0.15, -0.1) is 21.5 Å². The maximum absolute atomic E-state index is 12.6. The van der Waals surface area contributed by atoms with E-state index >= 15 is 0 Å². The van der Waals surface area contributed by atoms with Crippen molar-refractivity contribution in [2.45, 2.75) is 12.8 Å². The maximum Gasteiger partial charge on any atom is 0.248 e. The Kier molecular flexibility index (Phi) is 5.53. The lowest BCUT2D eigenvalue weighted by atomic mass is 9.95. The number of carbonyl (C=O) groups is 2. The Bertz CT molecular complexity index is 979. The first-order valence-corrected chi connectivity index (χ1v) is 10.3. The molecule has 1 fully saturated rings. The second-order valence-electron chi connectivity index (χ2n) is 6.95. The average molecular weight is 407 g/mol. The number of hydrogen-bond donors (Lipinski definition) is 2. The first kappa shape index (κ1) is 19.1. The van der Waals surface area contributed by atoms with Crippen LogP contribution in [0.4, 0.5) is 11.5 Å². The van der Waals surface area contributed by atoms with Crippen molar-refractivity contribution in [2.75, 3.05) is 23.3 Å². The van der Waals surface area contributed by atoms with E-state index in [4.69, 9.17) is 5.73 Å². The molecule has 0 bridgehead atoms. The summed E-state index contributed by atoms with van der Waals surface area (Å²) in [7, 11) is 0. The summed E-state index contributed by atoms with van der Waals surface area (Å²) in [6.45, 7) is 1.51. The second kappa shape index (κ2) is 8.40. The van der Waals surface area contributed by atoms with E-state index in [0.717, 1.165) is 42.3 Å². The van der Waals surface area contributed by atoms with Crippen molar-refractivity contribution in [1.29, 1.82) is 0 Å². The van der Waals surface area contributed by atoms with Crippen molar-refractivity contribution < 1.29 is 9.59 Å². The van der Waals surface area contributed by atoms with E-state index in [-0.39, 0.29) is 11.8 Å². The standard InChI is InChI=1S/C21H21N5O2S/c22-20(27)14-3-5-16(6-4-14)23-21(28)15-9-11-26(12-10-15)19-8-7-17(24-25-19)18-2-1-13-29-18/h1-8,13,15H,9-12H2,(H2,22,27)(H,23,28). The highest BCUT2D eigenvalue weighted by Gasteiger charge is 2.26. The summed E-state index contributed by atoms with van der Waals surface area (Å²) in [5.41, 5.74) is 7.19. The van der Waals surface area contributed by atoms with Crippen LogP contribution >= 0.6 is 11.3 Å². The molecule has 0 spiro atoms. The van der Waals surface area contributed by atoms with Gasteiger partial charge in [-0.2, -0.15) is 0 Å². The maximum atomic E-state index is 12.6. The van der Waals surface area contributed by atoms with Crippen molar-refractivity contribution >= 4 is 34.7 Å². The van der Waals surface area contributed by atoms with E-state index in [2.05, 4.69) is 20.4 Å². The van der Waals surface area contributed by atoms with Crippen molar-refractivity contribution in [3.05, 3.63) is 59.5 Å². The molecule has 29 heavy (non-hydrogen) atoms. The molecule has 148 valence electrons. The van der Waals surface area contributed by atoms with Gasteiger partial charge in [0.25, 0.3) is 0 Å². The molecular weight excluding hydrogens is 386 g/mol. The van der Waals surface area contributed by atoms with Crippen LogP contribution in [0.3, 0.4) is 0 Å². The van der Waals surface area contributed by atoms with Crippen LogP contribution in [-0.2, 0) is 4.79 Å². The molecule has 0 radical (unpaired) electrons. The van der Waals surface area contributed by atoms with Gasteiger partial charge in [-0.1, -0.05) is 6.07 Å². The molecule has 1 saturated heterocycles. The van der Waals surface area contributed by atoms with Gasteiger partial charge in [-0.05, 0) is 60.7 Å². The van der Waals surface area contributed by atoms with Crippen LogP contribution in [0.2, 0.25) is 0 Å². The minimum atomic E-state index is -0.484. The Labute approximate surface area is 172 Å². The van der Waals surface area contributed by atoms with Gasteiger partial charge in [0.05, 0.1) is 4.88 Å². The number of nitrogens with one attached hydrogen (secondary N) is 1. The fourth-order valence-corrected chi connectivity index (χ4v) is 4.07. The molecule has 0 aliphatic carbocycles. The molecule has 8 heteroatoms. The van der Waals surface area contributed by atoms with Crippen LogP contribution in [0.25, 0.3) is 10.6 Å². The summed E-state index contributed by atoms with van der Waals surface area (Å²) >= 11 is 1.64. The third-order valence-electron chi connectivity index (χ3n) is 5.05. The molecular formula is C21H21N5O2S. The fourth-order valence-electron chi connectivity index (χ4n) is 3.38. The number of nitrogens with zero attached hydrogens (tertiary/aromatic N) is 3. The molecule has 3 N–H and O–H groups in total. The number of nitrogens with two attached hydrogens (primary N) is 1. The van der Waals surface area contributed by atoms with Crippen LogP contribution in [0.1, 0.15) is 23.2 Å². The lowest BCUT2D eigenvalue weighted by Crippen LogP contribution is -2.38. The molecule has 3 aromatic rings. The summed E-state index contributed by atoms with van der Waals surface area (Å²) < 4.78 is 0. The summed E-state index contributed by atoms with van der Waals surface area (Å²) in [6.07, 6.45) is 1.50. The molecule has 1 aliphatic rings. The minimum absolute atomic E-state index is 0.00407. The van der Waals surface area contributed by atoms with E-state index in [1.807, 2.05) is 29.6 Å². The first-order valence-electron chi connectivity index (χ1n) is 9.43. The quantitative estimate of drug-likeness (QED) is 0.677. The summed E-state index contributed by atoms with van der Waals surface area (Å²) in [6, 6.07) is 14.6. The van der Waals surface area contributed by atoms with E-state index in [1.165, 1.54) is 0 Å². The predicted molar refractivity (Wildman–Crippen MR) is 114 cm³/mol. The fraction of sp³-hybridized carbons (Fsp3) is 0.238. The SMILES string of the molecule is NC(=O)c1ccc(NC(=O)C2CCN(c3ccc(-c4cccs4)nn3)CC2)cc1. The zero-order valence-corrected chi connectivity index (χ0v) is 16.6. The van der Waals surface area contributed by atoms with Gasteiger partial charge in [0.1, 0.15) is 5.69 Å². The number of rotatable bonds is 5. The number of carbonyl (C=O) groups excluding carboxylic acids is 2. The molecule has 2 amide bonds. The number of benzene rings is 1. The Morgan fingerprint density at radius 1 is 1.03 bits per heavy atom. The minimum Gasteiger partial charge on any atom is -0.366 e.